The number of nitrogens with zero attached hydrogens (tertiary/aromatic N) is 5. The third-order valence-corrected chi connectivity index (χ3v) is 4.35. The summed E-state index contributed by atoms with van der Waals surface area (Å²) in [6.45, 7) is 4.35. The number of hydrogen-bond donors (Lipinski definition) is 0. The normalized spacial score (nSPS) is 11.2. The van der Waals surface area contributed by atoms with Gasteiger partial charge in [0.05, 0.1) is 29.5 Å². The van der Waals surface area contributed by atoms with E-state index in [-0.39, 0.29) is 12.2 Å². The molecule has 130 valence electrons. The van der Waals surface area contributed by atoms with E-state index in [4.69, 9.17) is 4.52 Å². The molecule has 0 fully saturated rings. The Kier molecular flexibility index (Phi) is 4.04. The molecule has 26 heavy (non-hydrogen) atoms. The van der Waals surface area contributed by atoms with Gasteiger partial charge in [-0.15, -0.1) is 0 Å². The average Bonchev–Trinajstić information content (AvgIpc) is 3.22. The van der Waals surface area contributed by atoms with Crippen LogP contribution in [0.4, 0.5) is 0 Å². The molecular formula is C19H17N5O2. The topological polar surface area (TPSA) is 86.7 Å². The number of rotatable bonds is 5. The molecule has 0 unspecified atom stereocenters. The third-order valence-electron chi connectivity index (χ3n) is 4.35. The highest BCUT2D eigenvalue weighted by atomic mass is 16.5. The summed E-state index contributed by atoms with van der Waals surface area (Å²) in [5, 5.41) is 8.30. The minimum atomic E-state index is -0.00649. The number of fused-ring (bicyclic) bond motifs is 1. The smallest absolute Gasteiger partial charge is 0.169 e. The summed E-state index contributed by atoms with van der Waals surface area (Å²) in [6, 6.07) is 5.46. The lowest BCUT2D eigenvalue weighted by atomic mass is 10.0. The highest BCUT2D eigenvalue weighted by Gasteiger charge is 2.14. The zero-order valence-electron chi connectivity index (χ0n) is 14.5. The van der Waals surface area contributed by atoms with Gasteiger partial charge in [0.1, 0.15) is 5.76 Å². The molecule has 0 radical (unpaired) electrons. The first-order valence-electron chi connectivity index (χ1n) is 8.28. The number of ketones is 1. The lowest BCUT2D eigenvalue weighted by molar-refractivity contribution is 0.0994. The number of hydrogen-bond acceptors (Lipinski definition) is 6. The second-order valence-corrected chi connectivity index (χ2v) is 6.18. The summed E-state index contributed by atoms with van der Waals surface area (Å²) in [4.78, 5) is 21.3. The molecule has 4 aromatic rings. The highest BCUT2D eigenvalue weighted by Crippen LogP contribution is 2.17. The molecule has 0 aliphatic heterocycles. The Balaban J connectivity index is 1.54. The Labute approximate surface area is 149 Å². The highest BCUT2D eigenvalue weighted by molar-refractivity contribution is 6.06. The van der Waals surface area contributed by atoms with Crippen LogP contribution in [0.3, 0.4) is 0 Å². The van der Waals surface area contributed by atoms with Crippen molar-refractivity contribution in [2.75, 3.05) is 0 Å². The van der Waals surface area contributed by atoms with E-state index in [0.29, 0.717) is 23.1 Å². The molecule has 3 heterocycles. The molecule has 7 nitrogen and oxygen atoms in total. The predicted molar refractivity (Wildman–Crippen MR) is 94.9 cm³/mol. The van der Waals surface area contributed by atoms with Gasteiger partial charge in [0.25, 0.3) is 0 Å². The van der Waals surface area contributed by atoms with Crippen molar-refractivity contribution in [3.63, 3.8) is 0 Å². The zero-order chi connectivity index (χ0) is 18.1. The van der Waals surface area contributed by atoms with Crippen LogP contribution in [0.5, 0.6) is 0 Å². The monoisotopic (exact) mass is 347 g/mol. The number of aromatic nitrogens is 5. The first kappa shape index (κ1) is 16.1. The van der Waals surface area contributed by atoms with E-state index >= 15 is 0 Å². The summed E-state index contributed by atoms with van der Waals surface area (Å²) < 4.78 is 6.97. The number of aryl methyl sites for hydroxylation is 2. The summed E-state index contributed by atoms with van der Waals surface area (Å²) >= 11 is 0. The van der Waals surface area contributed by atoms with Gasteiger partial charge < -0.3 is 4.52 Å². The minimum absolute atomic E-state index is 0.00649. The van der Waals surface area contributed by atoms with Crippen molar-refractivity contribution in [2.24, 2.45) is 0 Å². The molecule has 0 atom stereocenters. The van der Waals surface area contributed by atoms with Crippen molar-refractivity contribution < 1.29 is 9.32 Å². The van der Waals surface area contributed by atoms with Crippen LogP contribution >= 0.6 is 0 Å². The van der Waals surface area contributed by atoms with Crippen molar-refractivity contribution in [1.82, 2.24) is 24.9 Å². The van der Waals surface area contributed by atoms with E-state index < -0.39 is 0 Å². The Bertz CT molecular complexity index is 1070. The molecule has 0 aliphatic rings. The van der Waals surface area contributed by atoms with E-state index in [0.717, 1.165) is 22.6 Å². The Morgan fingerprint density at radius 2 is 2.04 bits per heavy atom. The van der Waals surface area contributed by atoms with Crippen LogP contribution in [0.2, 0.25) is 0 Å². The molecule has 4 rings (SSSR count). The molecule has 0 N–H and O–H groups in total. The van der Waals surface area contributed by atoms with E-state index in [1.807, 2.05) is 32.2 Å². The molecule has 0 saturated carbocycles. The van der Waals surface area contributed by atoms with Crippen molar-refractivity contribution in [3.8, 4) is 0 Å². The quantitative estimate of drug-likeness (QED) is 0.516. The standard InChI is InChI=1S/C19H17N5O2/c1-12-16(13(2)26-23-12)11-24-10-14(9-22-24)8-18(25)15-4-3-5-17-19(15)21-7-6-20-17/h3-7,9-10H,8,11H2,1-2H3. The Morgan fingerprint density at radius 1 is 1.19 bits per heavy atom. The molecule has 3 aromatic heterocycles. The maximum Gasteiger partial charge on any atom is 0.169 e. The van der Waals surface area contributed by atoms with Gasteiger partial charge in [0.15, 0.2) is 5.78 Å². The lowest BCUT2D eigenvalue weighted by Crippen LogP contribution is -2.05. The number of para-hydroxylation sites is 1. The van der Waals surface area contributed by atoms with Gasteiger partial charge in [0, 0.05) is 36.1 Å². The van der Waals surface area contributed by atoms with Crippen LogP contribution in [0.15, 0.2) is 47.5 Å². The van der Waals surface area contributed by atoms with Gasteiger partial charge in [-0.3, -0.25) is 19.4 Å². The molecule has 0 aliphatic carbocycles. The van der Waals surface area contributed by atoms with Crippen molar-refractivity contribution in [2.45, 2.75) is 26.8 Å². The fourth-order valence-electron chi connectivity index (χ4n) is 2.97. The Hall–Kier alpha value is -3.35. The van der Waals surface area contributed by atoms with Crippen LogP contribution in [0.1, 0.15) is 32.9 Å². The fraction of sp³-hybridized carbons (Fsp3) is 0.211. The van der Waals surface area contributed by atoms with Crippen molar-refractivity contribution in [1.29, 1.82) is 0 Å². The maximum absolute atomic E-state index is 12.7. The first-order chi connectivity index (χ1) is 12.6. The van der Waals surface area contributed by atoms with Gasteiger partial charge >= 0.3 is 0 Å². The molecule has 0 spiro atoms. The molecule has 7 heteroatoms. The van der Waals surface area contributed by atoms with Crippen LogP contribution in [0, 0.1) is 13.8 Å². The summed E-state index contributed by atoms with van der Waals surface area (Å²) in [6.07, 6.45) is 7.07. The number of benzene rings is 1. The second-order valence-electron chi connectivity index (χ2n) is 6.18. The first-order valence-corrected chi connectivity index (χ1v) is 8.28. The molecule has 0 saturated heterocycles. The lowest BCUT2D eigenvalue weighted by Gasteiger charge is -2.03. The maximum atomic E-state index is 12.7. The van der Waals surface area contributed by atoms with Crippen LogP contribution in [-0.4, -0.2) is 30.7 Å². The van der Waals surface area contributed by atoms with Gasteiger partial charge in [-0.1, -0.05) is 11.2 Å². The second kappa shape index (κ2) is 6.51. The third kappa shape index (κ3) is 2.99. The summed E-state index contributed by atoms with van der Waals surface area (Å²) in [5.41, 5.74) is 4.63. The van der Waals surface area contributed by atoms with Crippen LogP contribution in [-0.2, 0) is 13.0 Å². The fourth-order valence-corrected chi connectivity index (χ4v) is 2.97. The molecule has 0 amide bonds. The largest absolute Gasteiger partial charge is 0.361 e. The van der Waals surface area contributed by atoms with E-state index in [1.165, 1.54) is 0 Å². The number of carbonyl (C=O) groups excluding carboxylic acids is 1. The minimum Gasteiger partial charge on any atom is -0.361 e. The van der Waals surface area contributed by atoms with Crippen LogP contribution in [0.25, 0.3) is 11.0 Å². The van der Waals surface area contributed by atoms with E-state index in [1.54, 1.807) is 29.3 Å². The zero-order valence-corrected chi connectivity index (χ0v) is 14.5. The van der Waals surface area contributed by atoms with Crippen molar-refractivity contribution >= 4 is 16.8 Å². The molecule has 1 aromatic carbocycles. The average molecular weight is 347 g/mol. The van der Waals surface area contributed by atoms with Gasteiger partial charge in [0.2, 0.25) is 0 Å². The van der Waals surface area contributed by atoms with Crippen molar-refractivity contribution in [3.05, 3.63) is 71.1 Å². The van der Waals surface area contributed by atoms with Gasteiger partial charge in [-0.25, -0.2) is 0 Å². The molecule has 0 bridgehead atoms. The van der Waals surface area contributed by atoms with Gasteiger partial charge in [-0.2, -0.15) is 5.10 Å². The van der Waals surface area contributed by atoms with Gasteiger partial charge in [-0.05, 0) is 31.5 Å². The van der Waals surface area contributed by atoms with E-state index in [2.05, 4.69) is 20.2 Å². The predicted octanol–water partition coefficient (Wildman–Crippen LogP) is 2.90. The van der Waals surface area contributed by atoms with E-state index in [9.17, 15) is 4.79 Å². The summed E-state index contributed by atoms with van der Waals surface area (Å²) in [5.74, 6) is 0.776. The molecular weight excluding hydrogens is 330 g/mol. The number of carbonyl (C=O) groups is 1. The van der Waals surface area contributed by atoms with Crippen LogP contribution < -0.4 is 0 Å². The summed E-state index contributed by atoms with van der Waals surface area (Å²) in [7, 11) is 0. The SMILES string of the molecule is Cc1noc(C)c1Cn1cc(CC(=O)c2cccc3nccnc23)cn1. The Morgan fingerprint density at radius 3 is 2.85 bits per heavy atom. The number of Topliss-reactive ketones (excluding diaryl/α,β-unsaturated/α-hetero) is 1.